The van der Waals surface area contributed by atoms with E-state index < -0.39 is 5.97 Å². The number of aromatic nitrogens is 1. The molecule has 3 nitrogen and oxygen atoms in total. The summed E-state index contributed by atoms with van der Waals surface area (Å²) in [5.41, 5.74) is 4.68. The molecule has 2 rings (SSSR count). The number of hydrogen-bond acceptors (Lipinski definition) is 1. The Hall–Kier alpha value is -1.77. The molecule has 3 heteroatoms. The van der Waals surface area contributed by atoms with Crippen LogP contribution >= 0.6 is 0 Å². The molecule has 84 valence electrons. The third-order valence-electron chi connectivity index (χ3n) is 3.46. The molecule has 0 saturated heterocycles. The molecule has 0 aliphatic rings. The molecule has 0 amide bonds. The number of nitrogens with zero attached hydrogens (tertiary/aromatic N) is 1. The van der Waals surface area contributed by atoms with Gasteiger partial charge in [-0.3, -0.25) is 0 Å². The molecule has 0 saturated carbocycles. The van der Waals surface area contributed by atoms with Crippen LogP contribution in [0.15, 0.2) is 12.1 Å². The van der Waals surface area contributed by atoms with E-state index in [4.69, 9.17) is 5.11 Å². The Kier molecular flexibility index (Phi) is 2.26. The number of fused-ring (bicyclic) bond motifs is 1. The second kappa shape index (κ2) is 3.37. The van der Waals surface area contributed by atoms with Crippen LogP contribution in [-0.4, -0.2) is 15.6 Å². The molecule has 0 fully saturated rings. The Balaban J connectivity index is 2.95. The van der Waals surface area contributed by atoms with Gasteiger partial charge in [-0.15, -0.1) is 0 Å². The van der Waals surface area contributed by atoms with Crippen LogP contribution in [-0.2, 0) is 7.05 Å². The second-order valence-corrected chi connectivity index (χ2v) is 4.21. The summed E-state index contributed by atoms with van der Waals surface area (Å²) in [5, 5.41) is 10.2. The zero-order valence-electron chi connectivity index (χ0n) is 9.96. The quantitative estimate of drug-likeness (QED) is 0.798. The summed E-state index contributed by atoms with van der Waals surface area (Å²) in [4.78, 5) is 11.1. The fourth-order valence-electron chi connectivity index (χ4n) is 2.30. The maximum absolute atomic E-state index is 11.1. The van der Waals surface area contributed by atoms with Gasteiger partial charge < -0.3 is 9.67 Å². The molecule has 0 bridgehead atoms. The molecule has 1 aromatic carbocycles. The van der Waals surface area contributed by atoms with Crippen LogP contribution in [0.1, 0.15) is 27.2 Å². The number of aryl methyl sites for hydroxylation is 3. The fraction of sp³-hybridized carbons (Fsp3) is 0.308. The monoisotopic (exact) mass is 217 g/mol. The molecular formula is C13H15NO2. The first kappa shape index (κ1) is 10.7. The van der Waals surface area contributed by atoms with Gasteiger partial charge in [0.25, 0.3) is 0 Å². The van der Waals surface area contributed by atoms with E-state index in [0.717, 1.165) is 22.0 Å². The minimum absolute atomic E-state index is 0.390. The lowest BCUT2D eigenvalue weighted by Gasteiger charge is -2.04. The van der Waals surface area contributed by atoms with E-state index in [0.29, 0.717) is 5.56 Å². The van der Waals surface area contributed by atoms with Gasteiger partial charge in [-0.05, 0) is 44.0 Å². The van der Waals surface area contributed by atoms with Gasteiger partial charge >= 0.3 is 5.97 Å². The number of aromatic carboxylic acids is 1. The summed E-state index contributed by atoms with van der Waals surface area (Å²) < 4.78 is 2.10. The van der Waals surface area contributed by atoms with Crippen LogP contribution in [0, 0.1) is 20.8 Å². The minimum atomic E-state index is -0.861. The SMILES string of the molecule is Cc1c(C(=O)O)ccc2c1c(C)c(C)n2C. The van der Waals surface area contributed by atoms with Crippen molar-refractivity contribution in [1.29, 1.82) is 0 Å². The predicted octanol–water partition coefficient (Wildman–Crippen LogP) is 2.80. The van der Waals surface area contributed by atoms with E-state index in [1.165, 1.54) is 5.69 Å². The Morgan fingerprint density at radius 1 is 1.19 bits per heavy atom. The topological polar surface area (TPSA) is 42.2 Å². The zero-order chi connectivity index (χ0) is 12.0. The smallest absolute Gasteiger partial charge is 0.335 e. The highest BCUT2D eigenvalue weighted by Crippen LogP contribution is 2.29. The third-order valence-corrected chi connectivity index (χ3v) is 3.46. The van der Waals surface area contributed by atoms with Crippen molar-refractivity contribution in [1.82, 2.24) is 4.57 Å². The lowest BCUT2D eigenvalue weighted by Crippen LogP contribution is -2.00. The highest BCUT2D eigenvalue weighted by atomic mass is 16.4. The summed E-state index contributed by atoms with van der Waals surface area (Å²) in [6.07, 6.45) is 0. The summed E-state index contributed by atoms with van der Waals surface area (Å²) >= 11 is 0. The normalized spacial score (nSPS) is 11.0. The van der Waals surface area contributed by atoms with E-state index in [1.807, 2.05) is 27.0 Å². The molecular weight excluding hydrogens is 202 g/mol. The van der Waals surface area contributed by atoms with Gasteiger partial charge in [0, 0.05) is 23.6 Å². The van der Waals surface area contributed by atoms with Gasteiger partial charge in [-0.25, -0.2) is 4.79 Å². The number of benzene rings is 1. The van der Waals surface area contributed by atoms with Crippen molar-refractivity contribution in [2.24, 2.45) is 7.05 Å². The van der Waals surface area contributed by atoms with Gasteiger partial charge in [0.1, 0.15) is 0 Å². The molecule has 0 atom stereocenters. The first-order valence-electron chi connectivity index (χ1n) is 5.23. The number of carboxylic acid groups (broad SMARTS) is 1. The molecule has 1 N–H and O–H groups in total. The molecule has 0 radical (unpaired) electrons. The molecule has 16 heavy (non-hydrogen) atoms. The van der Waals surface area contributed by atoms with E-state index in [2.05, 4.69) is 11.5 Å². The average Bonchev–Trinajstić information content (AvgIpc) is 2.44. The highest BCUT2D eigenvalue weighted by molar-refractivity contribution is 5.98. The number of hydrogen-bond donors (Lipinski definition) is 1. The molecule has 1 heterocycles. The van der Waals surface area contributed by atoms with Crippen LogP contribution in [0.5, 0.6) is 0 Å². The summed E-state index contributed by atoms with van der Waals surface area (Å²) in [6.45, 7) is 5.96. The van der Waals surface area contributed by atoms with Crippen LogP contribution in [0.4, 0.5) is 0 Å². The maximum atomic E-state index is 11.1. The van der Waals surface area contributed by atoms with Gasteiger partial charge in [0.15, 0.2) is 0 Å². The predicted molar refractivity (Wildman–Crippen MR) is 64.1 cm³/mol. The van der Waals surface area contributed by atoms with Crippen LogP contribution in [0.2, 0.25) is 0 Å². The summed E-state index contributed by atoms with van der Waals surface area (Å²) in [6, 6.07) is 3.56. The van der Waals surface area contributed by atoms with Crippen LogP contribution in [0.3, 0.4) is 0 Å². The Morgan fingerprint density at radius 3 is 2.38 bits per heavy atom. The van der Waals surface area contributed by atoms with Gasteiger partial charge in [-0.1, -0.05) is 0 Å². The largest absolute Gasteiger partial charge is 0.478 e. The minimum Gasteiger partial charge on any atom is -0.478 e. The molecule has 0 aliphatic heterocycles. The number of carboxylic acids is 1. The first-order valence-corrected chi connectivity index (χ1v) is 5.23. The van der Waals surface area contributed by atoms with E-state index in [9.17, 15) is 4.79 Å². The van der Waals surface area contributed by atoms with Crippen molar-refractivity contribution in [2.75, 3.05) is 0 Å². The van der Waals surface area contributed by atoms with Crippen LogP contribution < -0.4 is 0 Å². The van der Waals surface area contributed by atoms with Crippen molar-refractivity contribution in [2.45, 2.75) is 20.8 Å². The summed E-state index contributed by atoms with van der Waals surface area (Å²) in [7, 11) is 2.00. The van der Waals surface area contributed by atoms with Crippen molar-refractivity contribution in [3.63, 3.8) is 0 Å². The number of rotatable bonds is 1. The van der Waals surface area contributed by atoms with E-state index >= 15 is 0 Å². The third kappa shape index (κ3) is 1.24. The van der Waals surface area contributed by atoms with E-state index in [1.54, 1.807) is 6.07 Å². The molecule has 0 spiro atoms. The Morgan fingerprint density at radius 2 is 1.81 bits per heavy atom. The first-order chi connectivity index (χ1) is 7.45. The van der Waals surface area contributed by atoms with Crippen LogP contribution in [0.25, 0.3) is 10.9 Å². The second-order valence-electron chi connectivity index (χ2n) is 4.21. The maximum Gasteiger partial charge on any atom is 0.335 e. The molecule has 1 aromatic heterocycles. The van der Waals surface area contributed by atoms with E-state index in [-0.39, 0.29) is 0 Å². The molecule has 2 aromatic rings. The summed E-state index contributed by atoms with van der Waals surface area (Å²) in [5.74, 6) is -0.861. The Bertz CT molecular complexity index is 594. The van der Waals surface area contributed by atoms with Crippen molar-refractivity contribution in [3.05, 3.63) is 34.5 Å². The Labute approximate surface area is 94.3 Å². The highest BCUT2D eigenvalue weighted by Gasteiger charge is 2.15. The van der Waals surface area contributed by atoms with Gasteiger partial charge in [-0.2, -0.15) is 0 Å². The molecule has 0 unspecified atom stereocenters. The van der Waals surface area contributed by atoms with Gasteiger partial charge in [0.2, 0.25) is 0 Å². The average molecular weight is 217 g/mol. The zero-order valence-corrected chi connectivity index (χ0v) is 9.96. The molecule has 0 aliphatic carbocycles. The van der Waals surface area contributed by atoms with Gasteiger partial charge in [0.05, 0.1) is 5.56 Å². The van der Waals surface area contributed by atoms with Crippen molar-refractivity contribution in [3.8, 4) is 0 Å². The van der Waals surface area contributed by atoms with Crippen molar-refractivity contribution >= 4 is 16.9 Å². The fourth-order valence-corrected chi connectivity index (χ4v) is 2.30. The number of carbonyl (C=O) groups is 1. The lowest BCUT2D eigenvalue weighted by atomic mass is 10.0. The standard InChI is InChI=1S/C13H15NO2/c1-7-9(3)14(4)11-6-5-10(13(15)16)8(2)12(7)11/h5-6H,1-4H3,(H,15,16). The van der Waals surface area contributed by atoms with Crippen molar-refractivity contribution < 1.29 is 9.90 Å². The lowest BCUT2D eigenvalue weighted by molar-refractivity contribution is 0.0696.